The van der Waals surface area contributed by atoms with Crippen LogP contribution < -0.4 is 5.63 Å². The lowest BCUT2D eigenvalue weighted by atomic mass is 10.0. The van der Waals surface area contributed by atoms with Crippen molar-refractivity contribution in [1.82, 2.24) is 0 Å². The van der Waals surface area contributed by atoms with Crippen LogP contribution in [0, 0.1) is 0 Å². The molecule has 0 aliphatic rings. The van der Waals surface area contributed by atoms with Gasteiger partial charge in [0.2, 0.25) is 0 Å². The Morgan fingerprint density at radius 3 is 2.47 bits per heavy atom. The van der Waals surface area contributed by atoms with Crippen molar-refractivity contribution in [2.75, 3.05) is 0 Å². The quantitative estimate of drug-likeness (QED) is 0.822. The van der Waals surface area contributed by atoms with Gasteiger partial charge in [0.1, 0.15) is 0 Å². The van der Waals surface area contributed by atoms with E-state index in [-0.39, 0.29) is 5.63 Å². The molecule has 0 aliphatic carbocycles. The summed E-state index contributed by atoms with van der Waals surface area (Å²) in [4.78, 5) is 13.3. The average molecular weight is 246 g/mol. The Morgan fingerprint density at radius 2 is 1.76 bits per heavy atom. The van der Waals surface area contributed by atoms with Crippen molar-refractivity contribution in [2.45, 2.75) is 29.6 Å². The summed E-state index contributed by atoms with van der Waals surface area (Å²) in [6.45, 7) is 4.29. The highest BCUT2D eigenvalue weighted by molar-refractivity contribution is 7.99. The summed E-state index contributed by atoms with van der Waals surface area (Å²) in [5.41, 5.74) is 0.969. The molecule has 0 fully saturated rings. The van der Waals surface area contributed by atoms with E-state index in [4.69, 9.17) is 4.42 Å². The normalized spacial score (nSPS) is 10.8. The molecular weight excluding hydrogens is 232 g/mol. The smallest absolute Gasteiger partial charge is 0.349 e. The Bertz CT molecular complexity index is 558. The monoisotopic (exact) mass is 246 g/mol. The van der Waals surface area contributed by atoms with Crippen molar-refractivity contribution in [2.24, 2.45) is 0 Å². The Morgan fingerprint density at radius 1 is 1.06 bits per heavy atom. The van der Waals surface area contributed by atoms with E-state index in [0.717, 1.165) is 4.90 Å². The molecule has 2 nitrogen and oxygen atoms in total. The summed E-state index contributed by atoms with van der Waals surface area (Å²) >= 11 is 1.46. The highest BCUT2D eigenvalue weighted by Crippen LogP contribution is 2.31. The molecule has 0 atom stereocenters. The minimum absolute atomic E-state index is 0.281. The van der Waals surface area contributed by atoms with E-state index in [1.54, 1.807) is 12.1 Å². The van der Waals surface area contributed by atoms with Crippen molar-refractivity contribution >= 4 is 11.8 Å². The van der Waals surface area contributed by atoms with Gasteiger partial charge in [-0.25, -0.2) is 4.79 Å². The lowest BCUT2D eigenvalue weighted by molar-refractivity contribution is 0.494. The maximum absolute atomic E-state index is 11.5. The van der Waals surface area contributed by atoms with Crippen LogP contribution in [-0.2, 0) is 0 Å². The Hall–Kier alpha value is -1.48. The largest absolute Gasteiger partial charge is 0.431 e. The van der Waals surface area contributed by atoms with E-state index in [1.807, 2.05) is 18.2 Å². The van der Waals surface area contributed by atoms with Crippen molar-refractivity contribution in [3.05, 3.63) is 58.6 Å². The second-order valence-electron chi connectivity index (χ2n) is 4.06. The first-order valence-electron chi connectivity index (χ1n) is 5.53. The zero-order valence-corrected chi connectivity index (χ0v) is 10.7. The second kappa shape index (κ2) is 5.23. The Labute approximate surface area is 105 Å². The van der Waals surface area contributed by atoms with E-state index in [0.29, 0.717) is 10.8 Å². The molecule has 2 rings (SSSR count). The first-order chi connectivity index (χ1) is 8.18. The van der Waals surface area contributed by atoms with Gasteiger partial charge in [-0.15, -0.1) is 0 Å². The molecule has 1 heterocycles. The minimum Gasteiger partial charge on any atom is -0.431 e. The topological polar surface area (TPSA) is 30.2 Å². The van der Waals surface area contributed by atoms with Crippen LogP contribution >= 0.6 is 11.8 Å². The van der Waals surface area contributed by atoms with Crippen molar-refractivity contribution < 1.29 is 4.42 Å². The molecule has 0 amide bonds. The highest BCUT2D eigenvalue weighted by Gasteiger charge is 2.09. The van der Waals surface area contributed by atoms with Crippen LogP contribution in [0.2, 0.25) is 0 Å². The van der Waals surface area contributed by atoms with Gasteiger partial charge in [0.25, 0.3) is 0 Å². The molecule has 0 saturated carbocycles. The van der Waals surface area contributed by atoms with Gasteiger partial charge in [0, 0.05) is 4.90 Å². The van der Waals surface area contributed by atoms with Gasteiger partial charge in [-0.2, -0.15) is 0 Å². The maximum Gasteiger partial charge on any atom is 0.349 e. The van der Waals surface area contributed by atoms with Crippen molar-refractivity contribution in [1.29, 1.82) is 0 Å². The number of rotatable bonds is 3. The van der Waals surface area contributed by atoms with Crippen LogP contribution in [0.25, 0.3) is 0 Å². The number of hydrogen-bond acceptors (Lipinski definition) is 3. The van der Waals surface area contributed by atoms with Crippen LogP contribution in [0.1, 0.15) is 25.3 Å². The van der Waals surface area contributed by atoms with Crippen LogP contribution in [0.4, 0.5) is 0 Å². The molecule has 2 aromatic rings. The summed E-state index contributed by atoms with van der Waals surface area (Å²) < 4.78 is 4.85. The zero-order valence-electron chi connectivity index (χ0n) is 9.84. The maximum atomic E-state index is 11.5. The highest BCUT2D eigenvalue weighted by atomic mass is 32.2. The van der Waals surface area contributed by atoms with E-state index < -0.39 is 0 Å². The fourth-order valence-corrected chi connectivity index (χ4v) is 2.68. The second-order valence-corrected chi connectivity index (χ2v) is 5.14. The van der Waals surface area contributed by atoms with E-state index >= 15 is 0 Å². The van der Waals surface area contributed by atoms with Crippen LogP contribution in [0.15, 0.2) is 61.7 Å². The van der Waals surface area contributed by atoms with Crippen LogP contribution in [0.3, 0.4) is 0 Å². The molecule has 3 heteroatoms. The standard InChI is InChI=1S/C14H14O2S/c1-10(2)11-6-3-4-7-12(11)17-13-8-5-9-16-14(13)15/h3-10H,1-2H3. The van der Waals surface area contributed by atoms with Gasteiger partial charge in [-0.3, -0.25) is 0 Å². The number of benzene rings is 1. The third kappa shape index (κ3) is 2.80. The molecule has 1 aromatic carbocycles. The fraction of sp³-hybridized carbons (Fsp3) is 0.214. The molecule has 1 aromatic heterocycles. The fourth-order valence-electron chi connectivity index (χ4n) is 1.60. The van der Waals surface area contributed by atoms with Crippen molar-refractivity contribution in [3.8, 4) is 0 Å². The third-order valence-electron chi connectivity index (χ3n) is 2.46. The first-order valence-corrected chi connectivity index (χ1v) is 6.34. The zero-order chi connectivity index (χ0) is 12.3. The predicted octanol–water partition coefficient (Wildman–Crippen LogP) is 3.91. The Balaban J connectivity index is 2.37. The van der Waals surface area contributed by atoms with E-state index in [1.165, 1.54) is 23.6 Å². The van der Waals surface area contributed by atoms with Gasteiger partial charge in [-0.05, 0) is 29.7 Å². The molecule has 0 radical (unpaired) electrons. The lowest BCUT2D eigenvalue weighted by Gasteiger charge is -2.11. The molecule has 0 aliphatic heterocycles. The molecule has 0 N–H and O–H groups in total. The molecule has 88 valence electrons. The molecule has 0 saturated heterocycles. The van der Waals surface area contributed by atoms with E-state index in [2.05, 4.69) is 19.9 Å². The first kappa shape index (κ1) is 12.0. The summed E-state index contributed by atoms with van der Waals surface area (Å²) in [6.07, 6.45) is 1.40. The Kier molecular flexibility index (Phi) is 3.69. The molecule has 0 bridgehead atoms. The molecule has 0 spiro atoms. The predicted molar refractivity (Wildman–Crippen MR) is 69.6 cm³/mol. The minimum atomic E-state index is -0.281. The molecule has 0 unspecified atom stereocenters. The average Bonchev–Trinajstić information content (AvgIpc) is 2.32. The third-order valence-corrected chi connectivity index (χ3v) is 3.58. The summed E-state index contributed by atoms with van der Waals surface area (Å²) in [6, 6.07) is 11.7. The lowest BCUT2D eigenvalue weighted by Crippen LogP contribution is -2.00. The van der Waals surface area contributed by atoms with Crippen molar-refractivity contribution in [3.63, 3.8) is 0 Å². The molecular formula is C14H14O2S. The summed E-state index contributed by atoms with van der Waals surface area (Å²) in [5, 5.41) is 0. The number of hydrogen-bond donors (Lipinski definition) is 0. The van der Waals surface area contributed by atoms with Gasteiger partial charge in [0.05, 0.1) is 11.2 Å². The van der Waals surface area contributed by atoms with Crippen LogP contribution in [0.5, 0.6) is 0 Å². The van der Waals surface area contributed by atoms with E-state index in [9.17, 15) is 4.79 Å². The van der Waals surface area contributed by atoms with Gasteiger partial charge in [0.15, 0.2) is 0 Å². The van der Waals surface area contributed by atoms with Gasteiger partial charge in [-0.1, -0.05) is 43.8 Å². The van der Waals surface area contributed by atoms with Gasteiger partial charge >= 0.3 is 5.63 Å². The van der Waals surface area contributed by atoms with Gasteiger partial charge < -0.3 is 4.42 Å². The van der Waals surface area contributed by atoms with Crippen LogP contribution in [-0.4, -0.2) is 0 Å². The SMILES string of the molecule is CC(C)c1ccccc1Sc1cccoc1=O. The molecule has 17 heavy (non-hydrogen) atoms. The summed E-state index contributed by atoms with van der Waals surface area (Å²) in [7, 11) is 0. The summed E-state index contributed by atoms with van der Waals surface area (Å²) in [5.74, 6) is 0.439.